The molecule has 2 N–H and O–H groups in total. The molecule has 5 rings (SSSR count). The maximum atomic E-state index is 13.5. The van der Waals surface area contributed by atoms with Crippen molar-refractivity contribution in [3.63, 3.8) is 0 Å². The summed E-state index contributed by atoms with van der Waals surface area (Å²) in [5.74, 6) is 2.49. The first-order valence-electron chi connectivity index (χ1n) is 12.3. The molecule has 1 heterocycles. The summed E-state index contributed by atoms with van der Waals surface area (Å²) in [6, 6.07) is 11.9. The molecule has 0 radical (unpaired) electrons. The van der Waals surface area contributed by atoms with Gasteiger partial charge in [-0.3, -0.25) is 9.52 Å². The first-order valence-corrected chi connectivity index (χ1v) is 13.8. The Kier molecular flexibility index (Phi) is 6.88. The molecule has 0 spiro atoms. The van der Waals surface area contributed by atoms with Crippen molar-refractivity contribution < 1.29 is 22.7 Å². The van der Waals surface area contributed by atoms with Crippen molar-refractivity contribution in [3.8, 4) is 5.75 Å². The Hall–Kier alpha value is -2.78. The second-order valence-corrected chi connectivity index (χ2v) is 11.5. The topological polar surface area (TPSA) is 97.0 Å². The maximum Gasteiger partial charge on any atom is 0.264 e. The molecule has 1 amide bonds. The van der Waals surface area contributed by atoms with Crippen molar-refractivity contribution in [1.82, 2.24) is 0 Å². The summed E-state index contributed by atoms with van der Waals surface area (Å²) in [6.07, 6.45) is 5.42. The smallest absolute Gasteiger partial charge is 0.264 e. The third-order valence-corrected chi connectivity index (χ3v) is 8.97. The number of hydrogen-bond donors (Lipinski definition) is 2. The Bertz CT molecular complexity index is 1160. The summed E-state index contributed by atoms with van der Waals surface area (Å²) >= 11 is 0. The van der Waals surface area contributed by atoms with Crippen LogP contribution in [-0.2, 0) is 19.6 Å². The van der Waals surface area contributed by atoms with E-state index < -0.39 is 10.0 Å². The van der Waals surface area contributed by atoms with E-state index in [0.29, 0.717) is 67.4 Å². The van der Waals surface area contributed by atoms with E-state index >= 15 is 0 Å². The highest BCUT2D eigenvalue weighted by Gasteiger charge is 2.40. The van der Waals surface area contributed by atoms with Gasteiger partial charge >= 0.3 is 0 Å². The van der Waals surface area contributed by atoms with Crippen LogP contribution in [0.1, 0.15) is 32.1 Å². The van der Waals surface area contributed by atoms with Crippen LogP contribution < -0.4 is 19.7 Å². The van der Waals surface area contributed by atoms with Crippen LogP contribution in [-0.4, -0.2) is 47.7 Å². The number of carbonyl (C=O) groups excluding carboxylic acids is 1. The van der Waals surface area contributed by atoms with Gasteiger partial charge in [-0.1, -0.05) is 6.42 Å². The number of ether oxygens (including phenoxy) is 2. The van der Waals surface area contributed by atoms with E-state index in [1.807, 2.05) is 4.90 Å². The third kappa shape index (κ3) is 5.41. The normalized spacial score (nSPS) is 23.8. The van der Waals surface area contributed by atoms with E-state index in [4.69, 9.17) is 9.47 Å². The summed E-state index contributed by atoms with van der Waals surface area (Å²) in [5.41, 5.74) is 1.52. The molecule has 3 atom stereocenters. The molecular weight excluding hydrogens is 466 g/mol. The lowest BCUT2D eigenvalue weighted by Crippen LogP contribution is -2.37. The van der Waals surface area contributed by atoms with Crippen LogP contribution in [0, 0.1) is 17.8 Å². The lowest BCUT2D eigenvalue weighted by Gasteiger charge is -2.30. The zero-order valence-electron chi connectivity index (χ0n) is 20.0. The number of nitrogens with zero attached hydrogens (tertiary/aromatic N) is 1. The van der Waals surface area contributed by atoms with Crippen LogP contribution in [0.3, 0.4) is 0 Å². The van der Waals surface area contributed by atoms with Crippen molar-refractivity contribution in [2.75, 3.05) is 48.4 Å². The van der Waals surface area contributed by atoms with Crippen LogP contribution in [0.15, 0.2) is 47.4 Å². The predicted molar refractivity (Wildman–Crippen MR) is 135 cm³/mol. The average molecular weight is 500 g/mol. The molecule has 2 bridgehead atoms. The van der Waals surface area contributed by atoms with Gasteiger partial charge in [0.1, 0.15) is 10.6 Å². The predicted octanol–water partition coefficient (Wildman–Crippen LogP) is 4.10. The number of sulfonamides is 1. The highest BCUT2D eigenvalue weighted by Crippen LogP contribution is 2.49. The number of carbonyl (C=O) groups is 1. The van der Waals surface area contributed by atoms with E-state index in [2.05, 4.69) is 10.0 Å². The first kappa shape index (κ1) is 23.9. The molecule has 188 valence electrons. The second kappa shape index (κ2) is 10.1. The SMILES string of the molecule is COc1ccc(NS(=O)(=O)c2cc(NC(=O)CC3CC4CCC3C4)ccc2N2CCOCC2)cc1. The monoisotopic (exact) mass is 499 g/mol. The molecule has 9 heteroatoms. The Morgan fingerprint density at radius 1 is 1.06 bits per heavy atom. The molecule has 0 aromatic heterocycles. The number of hydrogen-bond acceptors (Lipinski definition) is 6. The third-order valence-electron chi connectivity index (χ3n) is 7.56. The summed E-state index contributed by atoms with van der Waals surface area (Å²) < 4.78 is 40.3. The van der Waals surface area contributed by atoms with Crippen molar-refractivity contribution in [2.24, 2.45) is 17.8 Å². The fourth-order valence-electron chi connectivity index (χ4n) is 5.82. The van der Waals surface area contributed by atoms with Crippen molar-refractivity contribution in [1.29, 1.82) is 0 Å². The van der Waals surface area contributed by atoms with Crippen LogP contribution in [0.25, 0.3) is 0 Å². The molecule has 35 heavy (non-hydrogen) atoms. The molecule has 1 saturated heterocycles. The molecule has 2 saturated carbocycles. The van der Waals surface area contributed by atoms with Gasteiger partial charge in [-0.05, 0) is 79.5 Å². The number of morpholine rings is 1. The summed E-state index contributed by atoms with van der Waals surface area (Å²) in [6.45, 7) is 2.27. The fourth-order valence-corrected chi connectivity index (χ4v) is 7.13. The summed E-state index contributed by atoms with van der Waals surface area (Å²) in [4.78, 5) is 15.0. The quantitative estimate of drug-likeness (QED) is 0.568. The number of benzene rings is 2. The lowest BCUT2D eigenvalue weighted by atomic mass is 9.86. The van der Waals surface area contributed by atoms with E-state index in [9.17, 15) is 13.2 Å². The fraction of sp³-hybridized carbons (Fsp3) is 0.500. The van der Waals surface area contributed by atoms with Gasteiger partial charge in [0.15, 0.2) is 0 Å². The Morgan fingerprint density at radius 3 is 2.46 bits per heavy atom. The minimum absolute atomic E-state index is 0.0480. The highest BCUT2D eigenvalue weighted by molar-refractivity contribution is 7.92. The molecule has 3 aliphatic rings. The Balaban J connectivity index is 1.37. The zero-order chi connectivity index (χ0) is 24.4. The largest absolute Gasteiger partial charge is 0.497 e. The molecule has 3 unspecified atom stereocenters. The van der Waals surface area contributed by atoms with Gasteiger partial charge in [-0.25, -0.2) is 8.42 Å². The maximum absolute atomic E-state index is 13.5. The Morgan fingerprint density at radius 2 is 1.80 bits per heavy atom. The van der Waals surface area contributed by atoms with Gasteiger partial charge in [0.25, 0.3) is 10.0 Å². The highest BCUT2D eigenvalue weighted by atomic mass is 32.2. The van der Waals surface area contributed by atoms with Gasteiger partial charge < -0.3 is 19.7 Å². The number of methoxy groups -OCH3 is 1. The molecule has 2 aromatic rings. The molecular formula is C26H33N3O5S. The number of rotatable bonds is 8. The van der Waals surface area contributed by atoms with Gasteiger partial charge in [-0.15, -0.1) is 0 Å². The van der Waals surface area contributed by atoms with Gasteiger partial charge in [0.05, 0.1) is 26.0 Å². The van der Waals surface area contributed by atoms with E-state index in [1.54, 1.807) is 49.6 Å². The minimum atomic E-state index is -3.93. The van der Waals surface area contributed by atoms with Gasteiger partial charge in [0, 0.05) is 30.9 Å². The van der Waals surface area contributed by atoms with Crippen LogP contribution >= 0.6 is 0 Å². The number of anilines is 3. The zero-order valence-corrected chi connectivity index (χ0v) is 20.9. The van der Waals surface area contributed by atoms with Crippen molar-refractivity contribution >= 4 is 33.0 Å². The van der Waals surface area contributed by atoms with Crippen LogP contribution in [0.4, 0.5) is 17.1 Å². The average Bonchev–Trinajstić information content (AvgIpc) is 3.48. The van der Waals surface area contributed by atoms with Crippen molar-refractivity contribution in [2.45, 2.75) is 37.0 Å². The number of nitrogens with one attached hydrogen (secondary N) is 2. The molecule has 2 aromatic carbocycles. The lowest BCUT2D eigenvalue weighted by molar-refractivity contribution is -0.117. The van der Waals surface area contributed by atoms with E-state index in [0.717, 1.165) is 12.3 Å². The molecule has 8 nitrogen and oxygen atoms in total. The van der Waals surface area contributed by atoms with Gasteiger partial charge in [-0.2, -0.15) is 0 Å². The number of amides is 1. The van der Waals surface area contributed by atoms with Crippen LogP contribution in [0.5, 0.6) is 5.75 Å². The van der Waals surface area contributed by atoms with Gasteiger partial charge in [0.2, 0.25) is 5.91 Å². The molecule has 1 aliphatic heterocycles. The van der Waals surface area contributed by atoms with E-state index in [1.165, 1.54) is 19.3 Å². The van der Waals surface area contributed by atoms with E-state index in [-0.39, 0.29) is 10.8 Å². The molecule has 2 aliphatic carbocycles. The Labute approximate surface area is 207 Å². The summed E-state index contributed by atoms with van der Waals surface area (Å²) in [7, 11) is -2.36. The second-order valence-electron chi connectivity index (χ2n) is 9.80. The molecule has 3 fully saturated rings. The standard InChI is InChI=1S/C26H33N3O5S/c1-33-23-7-4-21(5-8-23)28-35(31,32)25-17-22(6-9-24(25)29-10-12-34-13-11-29)27-26(30)16-20-15-18-2-3-19(20)14-18/h4-9,17-20,28H,2-3,10-16H2,1H3,(H,27,30). The number of fused-ring (bicyclic) bond motifs is 2. The summed E-state index contributed by atoms with van der Waals surface area (Å²) in [5, 5.41) is 2.96. The van der Waals surface area contributed by atoms with Crippen LogP contribution in [0.2, 0.25) is 0 Å². The first-order chi connectivity index (χ1) is 16.9. The van der Waals surface area contributed by atoms with Crippen molar-refractivity contribution in [3.05, 3.63) is 42.5 Å². The minimum Gasteiger partial charge on any atom is -0.497 e.